The molecule has 2 aromatic carbocycles. The average molecular weight is 440 g/mol. The number of nitrogens with one attached hydrogen (secondary N) is 2. The maximum atomic E-state index is 12.5. The van der Waals surface area contributed by atoms with E-state index in [4.69, 9.17) is 23.2 Å². The van der Waals surface area contributed by atoms with Gasteiger partial charge < -0.3 is 15.2 Å². The summed E-state index contributed by atoms with van der Waals surface area (Å²) in [6.07, 6.45) is 2.42. The number of halogens is 2. The number of carbonyl (C=O) groups excluding carboxylic acids is 1. The number of anilines is 2. The second kappa shape index (κ2) is 8.73. The molecule has 30 heavy (non-hydrogen) atoms. The fourth-order valence-corrected chi connectivity index (χ4v) is 3.63. The highest BCUT2D eigenvalue weighted by molar-refractivity contribution is 6.39. The second-order valence-corrected chi connectivity index (χ2v) is 7.56. The summed E-state index contributed by atoms with van der Waals surface area (Å²) < 4.78 is 1.89. The van der Waals surface area contributed by atoms with E-state index in [0.29, 0.717) is 45.7 Å². The van der Waals surface area contributed by atoms with Gasteiger partial charge in [0.15, 0.2) is 0 Å². The van der Waals surface area contributed by atoms with Crippen LogP contribution in [0.1, 0.15) is 16.1 Å². The number of hydrogen-bond donors (Lipinski definition) is 2. The maximum Gasteiger partial charge on any atom is 0.251 e. The Labute approximate surface area is 183 Å². The molecule has 0 unspecified atom stereocenters. The first-order valence-electron chi connectivity index (χ1n) is 9.38. The van der Waals surface area contributed by atoms with E-state index in [0.717, 1.165) is 11.2 Å². The van der Waals surface area contributed by atoms with Crippen LogP contribution >= 0.6 is 23.2 Å². The number of fused-ring (bicyclic) bond motifs is 1. The molecule has 2 aromatic heterocycles. The number of aromatic nitrogens is 3. The highest BCUT2D eigenvalue weighted by atomic mass is 35.5. The molecule has 8 heteroatoms. The normalized spacial score (nSPS) is 10.9. The molecule has 0 atom stereocenters. The quantitative estimate of drug-likeness (QED) is 0.443. The fourth-order valence-electron chi connectivity index (χ4n) is 3.13. The predicted molar refractivity (Wildman–Crippen MR) is 121 cm³/mol. The Bertz CT molecular complexity index is 1190. The summed E-state index contributed by atoms with van der Waals surface area (Å²) >= 11 is 12.5. The third-order valence-electron chi connectivity index (χ3n) is 4.74. The number of hydrogen-bond acceptors (Lipinski definition) is 4. The number of carbonyl (C=O) groups is 1. The van der Waals surface area contributed by atoms with Crippen molar-refractivity contribution in [3.8, 4) is 0 Å². The van der Waals surface area contributed by atoms with Gasteiger partial charge in [0.2, 0.25) is 5.95 Å². The Hall–Kier alpha value is -3.09. The Morgan fingerprint density at radius 3 is 2.60 bits per heavy atom. The Balaban J connectivity index is 1.51. The molecule has 0 bridgehead atoms. The fraction of sp³-hybridized carbons (Fsp3) is 0.136. The molecule has 6 nitrogen and oxygen atoms in total. The van der Waals surface area contributed by atoms with E-state index in [1.54, 1.807) is 36.5 Å². The lowest BCUT2D eigenvalue weighted by Crippen LogP contribution is -2.25. The largest absolute Gasteiger partial charge is 0.352 e. The van der Waals surface area contributed by atoms with Crippen LogP contribution in [-0.4, -0.2) is 27.0 Å². The van der Waals surface area contributed by atoms with Crippen molar-refractivity contribution in [2.24, 2.45) is 7.05 Å². The van der Waals surface area contributed by atoms with Gasteiger partial charge in [0.1, 0.15) is 0 Å². The monoisotopic (exact) mass is 439 g/mol. The van der Waals surface area contributed by atoms with Crippen LogP contribution in [0.25, 0.3) is 11.0 Å². The van der Waals surface area contributed by atoms with Crippen LogP contribution in [0.3, 0.4) is 0 Å². The molecular weight excluding hydrogens is 421 g/mol. The Kier molecular flexibility index (Phi) is 5.88. The van der Waals surface area contributed by atoms with Crippen LogP contribution in [0, 0.1) is 0 Å². The third-order valence-corrected chi connectivity index (χ3v) is 5.37. The smallest absolute Gasteiger partial charge is 0.251 e. The zero-order valence-electron chi connectivity index (χ0n) is 16.2. The molecule has 2 heterocycles. The van der Waals surface area contributed by atoms with E-state index in [2.05, 4.69) is 20.6 Å². The number of aryl methyl sites for hydroxylation is 1. The number of benzene rings is 2. The van der Waals surface area contributed by atoms with Crippen molar-refractivity contribution in [3.05, 3.63) is 82.1 Å². The minimum absolute atomic E-state index is 0.151. The number of nitrogens with zero attached hydrogens (tertiary/aromatic N) is 3. The average Bonchev–Trinajstić information content (AvgIpc) is 3.06. The molecule has 0 aliphatic rings. The van der Waals surface area contributed by atoms with Crippen molar-refractivity contribution >= 4 is 51.8 Å². The van der Waals surface area contributed by atoms with Crippen LogP contribution in [0.15, 0.2) is 60.8 Å². The predicted octanol–water partition coefficient (Wildman–Crippen LogP) is 4.99. The van der Waals surface area contributed by atoms with Gasteiger partial charge in [-0.15, -0.1) is 0 Å². The van der Waals surface area contributed by atoms with Crippen molar-refractivity contribution in [2.75, 3.05) is 11.9 Å². The lowest BCUT2D eigenvalue weighted by molar-refractivity contribution is 0.0954. The summed E-state index contributed by atoms with van der Waals surface area (Å²) in [6.45, 7) is 0.508. The molecule has 152 valence electrons. The van der Waals surface area contributed by atoms with E-state index < -0.39 is 0 Å². The van der Waals surface area contributed by atoms with E-state index >= 15 is 0 Å². The molecular formula is C22H19Cl2N5O. The van der Waals surface area contributed by atoms with Gasteiger partial charge in [0.25, 0.3) is 5.91 Å². The number of rotatable bonds is 6. The standard InChI is InChI=1S/C22H19Cl2N5O/c1-29-19-9-8-14(21(30)26-12-10-15-5-2-3-11-25-15)13-18(19)27-22(29)28-20-16(23)6-4-7-17(20)24/h2-9,11,13H,10,12H2,1H3,(H,26,30)(H,27,28). The van der Waals surface area contributed by atoms with Crippen LogP contribution in [0.2, 0.25) is 10.0 Å². The highest BCUT2D eigenvalue weighted by Crippen LogP contribution is 2.33. The van der Waals surface area contributed by atoms with Crippen molar-refractivity contribution < 1.29 is 4.79 Å². The van der Waals surface area contributed by atoms with Gasteiger partial charge in [-0.3, -0.25) is 9.78 Å². The molecule has 4 aromatic rings. The minimum Gasteiger partial charge on any atom is -0.352 e. The number of pyridine rings is 1. The van der Waals surface area contributed by atoms with Crippen LogP contribution in [0.4, 0.5) is 11.6 Å². The lowest BCUT2D eigenvalue weighted by atomic mass is 10.2. The molecule has 0 spiro atoms. The third kappa shape index (κ3) is 4.25. The molecule has 0 radical (unpaired) electrons. The van der Waals surface area contributed by atoms with Crippen LogP contribution in [0.5, 0.6) is 0 Å². The number of amides is 1. The van der Waals surface area contributed by atoms with Gasteiger partial charge in [-0.1, -0.05) is 35.3 Å². The van der Waals surface area contributed by atoms with Gasteiger partial charge in [-0.05, 0) is 42.5 Å². The SMILES string of the molecule is Cn1c(Nc2c(Cl)cccc2Cl)nc2cc(C(=O)NCCc3ccccn3)ccc21. The van der Waals surface area contributed by atoms with Crippen molar-refractivity contribution in [1.29, 1.82) is 0 Å². The summed E-state index contributed by atoms with van der Waals surface area (Å²) in [6, 6.07) is 16.5. The number of imidazole rings is 1. The summed E-state index contributed by atoms with van der Waals surface area (Å²) in [5.74, 6) is 0.426. The summed E-state index contributed by atoms with van der Waals surface area (Å²) in [4.78, 5) is 21.4. The molecule has 0 saturated heterocycles. The first-order valence-corrected chi connectivity index (χ1v) is 10.1. The molecule has 0 saturated carbocycles. The van der Waals surface area contributed by atoms with E-state index in [1.165, 1.54) is 0 Å². The lowest BCUT2D eigenvalue weighted by Gasteiger charge is -2.09. The highest BCUT2D eigenvalue weighted by Gasteiger charge is 2.14. The van der Waals surface area contributed by atoms with Gasteiger partial charge >= 0.3 is 0 Å². The topological polar surface area (TPSA) is 71.8 Å². The zero-order valence-corrected chi connectivity index (χ0v) is 17.7. The zero-order chi connectivity index (χ0) is 21.1. The summed E-state index contributed by atoms with van der Waals surface area (Å²) in [7, 11) is 1.88. The van der Waals surface area contributed by atoms with Gasteiger partial charge in [-0.2, -0.15) is 0 Å². The first-order chi connectivity index (χ1) is 14.5. The van der Waals surface area contributed by atoms with E-state index in [1.807, 2.05) is 35.9 Å². The first kappa shape index (κ1) is 20.2. The minimum atomic E-state index is -0.151. The molecule has 0 fully saturated rings. The van der Waals surface area contributed by atoms with Gasteiger partial charge in [0, 0.05) is 37.5 Å². The van der Waals surface area contributed by atoms with Gasteiger partial charge in [0.05, 0.1) is 26.8 Å². The van der Waals surface area contributed by atoms with Crippen molar-refractivity contribution in [1.82, 2.24) is 19.9 Å². The summed E-state index contributed by atoms with van der Waals surface area (Å²) in [5, 5.41) is 7.11. The molecule has 4 rings (SSSR count). The number of para-hydroxylation sites is 1. The Morgan fingerprint density at radius 2 is 1.87 bits per heavy atom. The van der Waals surface area contributed by atoms with E-state index in [9.17, 15) is 4.79 Å². The second-order valence-electron chi connectivity index (χ2n) is 6.75. The van der Waals surface area contributed by atoms with Crippen LogP contribution < -0.4 is 10.6 Å². The maximum absolute atomic E-state index is 12.5. The van der Waals surface area contributed by atoms with Crippen LogP contribution in [-0.2, 0) is 13.5 Å². The molecule has 2 N–H and O–H groups in total. The molecule has 0 aliphatic heterocycles. The van der Waals surface area contributed by atoms with Gasteiger partial charge in [-0.25, -0.2) is 4.98 Å². The molecule has 1 amide bonds. The van der Waals surface area contributed by atoms with E-state index in [-0.39, 0.29) is 5.91 Å². The van der Waals surface area contributed by atoms with Crippen molar-refractivity contribution in [2.45, 2.75) is 6.42 Å². The molecule has 0 aliphatic carbocycles. The Morgan fingerprint density at radius 1 is 1.07 bits per heavy atom. The summed E-state index contributed by atoms with van der Waals surface area (Å²) in [5.41, 5.74) is 3.65. The van der Waals surface area contributed by atoms with Crippen molar-refractivity contribution in [3.63, 3.8) is 0 Å².